The SMILES string of the molecule is NC(=O)C1C=CC(F)=C1. The molecule has 1 aliphatic rings. The average molecular weight is 127 g/mol. The molecular weight excluding hydrogens is 121 g/mol. The van der Waals surface area contributed by atoms with E-state index in [1.54, 1.807) is 0 Å². The summed E-state index contributed by atoms with van der Waals surface area (Å²) in [7, 11) is 0. The van der Waals surface area contributed by atoms with Gasteiger partial charge in [-0.05, 0) is 12.2 Å². The number of carbonyl (C=O) groups is 1. The van der Waals surface area contributed by atoms with Crippen molar-refractivity contribution in [3.8, 4) is 0 Å². The van der Waals surface area contributed by atoms with Gasteiger partial charge in [0.2, 0.25) is 5.91 Å². The van der Waals surface area contributed by atoms with Crippen LogP contribution in [0.3, 0.4) is 0 Å². The first-order valence-electron chi connectivity index (χ1n) is 2.55. The van der Waals surface area contributed by atoms with Gasteiger partial charge in [0.1, 0.15) is 5.83 Å². The van der Waals surface area contributed by atoms with Crippen molar-refractivity contribution in [1.29, 1.82) is 0 Å². The van der Waals surface area contributed by atoms with Crippen LogP contribution in [0, 0.1) is 5.92 Å². The highest BCUT2D eigenvalue weighted by Crippen LogP contribution is 2.15. The highest BCUT2D eigenvalue weighted by Gasteiger charge is 2.13. The van der Waals surface area contributed by atoms with Crippen LogP contribution in [0.15, 0.2) is 24.1 Å². The second-order valence-electron chi connectivity index (χ2n) is 1.84. The van der Waals surface area contributed by atoms with Gasteiger partial charge in [-0.25, -0.2) is 4.39 Å². The van der Waals surface area contributed by atoms with Crippen molar-refractivity contribution in [3.63, 3.8) is 0 Å². The number of halogens is 1. The van der Waals surface area contributed by atoms with Crippen molar-refractivity contribution in [3.05, 3.63) is 24.1 Å². The lowest BCUT2D eigenvalue weighted by Crippen LogP contribution is -2.18. The number of rotatable bonds is 1. The van der Waals surface area contributed by atoms with Gasteiger partial charge in [-0.15, -0.1) is 0 Å². The molecule has 0 saturated heterocycles. The summed E-state index contributed by atoms with van der Waals surface area (Å²) in [6.45, 7) is 0. The van der Waals surface area contributed by atoms with Crippen LogP contribution in [-0.4, -0.2) is 5.91 Å². The maximum atomic E-state index is 12.1. The van der Waals surface area contributed by atoms with Crippen LogP contribution < -0.4 is 5.73 Å². The van der Waals surface area contributed by atoms with E-state index in [4.69, 9.17) is 5.73 Å². The number of allylic oxidation sites excluding steroid dienone is 2. The average Bonchev–Trinajstić information content (AvgIpc) is 2.14. The van der Waals surface area contributed by atoms with Crippen LogP contribution >= 0.6 is 0 Å². The molecule has 1 unspecified atom stereocenters. The Hall–Kier alpha value is -1.12. The van der Waals surface area contributed by atoms with Crippen LogP contribution in [-0.2, 0) is 4.79 Å². The maximum absolute atomic E-state index is 12.1. The van der Waals surface area contributed by atoms with E-state index in [1.165, 1.54) is 18.2 Å². The number of primary amides is 1. The molecule has 0 aliphatic heterocycles. The molecule has 0 aromatic rings. The van der Waals surface area contributed by atoms with Gasteiger partial charge in [0, 0.05) is 0 Å². The molecule has 1 rings (SSSR count). The molecule has 0 spiro atoms. The molecular formula is C6H6FNO. The summed E-state index contributed by atoms with van der Waals surface area (Å²) >= 11 is 0. The molecule has 2 nitrogen and oxygen atoms in total. The van der Waals surface area contributed by atoms with Crippen molar-refractivity contribution in [2.24, 2.45) is 11.7 Å². The van der Waals surface area contributed by atoms with Crippen molar-refractivity contribution < 1.29 is 9.18 Å². The maximum Gasteiger partial charge on any atom is 0.228 e. The van der Waals surface area contributed by atoms with E-state index in [9.17, 15) is 9.18 Å². The lowest BCUT2D eigenvalue weighted by molar-refractivity contribution is -0.119. The molecule has 48 valence electrons. The first-order valence-corrected chi connectivity index (χ1v) is 2.55. The minimum atomic E-state index is -0.537. The number of nitrogens with two attached hydrogens (primary N) is 1. The largest absolute Gasteiger partial charge is 0.369 e. The molecule has 0 fully saturated rings. The van der Waals surface area contributed by atoms with Crippen molar-refractivity contribution in [2.45, 2.75) is 0 Å². The molecule has 0 aromatic heterocycles. The minimum absolute atomic E-state index is 0.390. The number of hydrogen-bond acceptors (Lipinski definition) is 1. The summed E-state index contributed by atoms with van der Waals surface area (Å²) < 4.78 is 12.1. The predicted molar refractivity (Wildman–Crippen MR) is 31.0 cm³/mol. The van der Waals surface area contributed by atoms with Crippen molar-refractivity contribution in [2.75, 3.05) is 0 Å². The third-order valence-corrected chi connectivity index (χ3v) is 1.13. The molecule has 1 atom stereocenters. The van der Waals surface area contributed by atoms with E-state index < -0.39 is 11.8 Å². The summed E-state index contributed by atoms with van der Waals surface area (Å²) in [4.78, 5) is 10.3. The second-order valence-corrected chi connectivity index (χ2v) is 1.84. The topological polar surface area (TPSA) is 43.1 Å². The van der Waals surface area contributed by atoms with Gasteiger partial charge in [-0.3, -0.25) is 4.79 Å². The molecule has 0 radical (unpaired) electrons. The van der Waals surface area contributed by atoms with Gasteiger partial charge >= 0.3 is 0 Å². The zero-order chi connectivity index (χ0) is 6.85. The van der Waals surface area contributed by atoms with Crippen LogP contribution in [0.2, 0.25) is 0 Å². The third-order valence-electron chi connectivity index (χ3n) is 1.13. The quantitative estimate of drug-likeness (QED) is 0.548. The van der Waals surface area contributed by atoms with Crippen LogP contribution in [0.5, 0.6) is 0 Å². The van der Waals surface area contributed by atoms with Gasteiger partial charge in [-0.1, -0.05) is 6.08 Å². The first kappa shape index (κ1) is 6.01. The molecule has 1 amide bonds. The Balaban J connectivity index is 2.70. The normalized spacial score (nSPS) is 24.1. The summed E-state index contributed by atoms with van der Waals surface area (Å²) in [6, 6.07) is 0. The highest BCUT2D eigenvalue weighted by molar-refractivity contribution is 5.81. The first-order chi connectivity index (χ1) is 4.20. The lowest BCUT2D eigenvalue weighted by atomic mass is 10.2. The smallest absolute Gasteiger partial charge is 0.228 e. The summed E-state index contributed by atoms with van der Waals surface area (Å²) in [5, 5.41) is 0. The zero-order valence-corrected chi connectivity index (χ0v) is 4.67. The fourth-order valence-corrected chi connectivity index (χ4v) is 0.655. The van der Waals surface area contributed by atoms with E-state index in [0.717, 1.165) is 0 Å². The molecule has 0 aromatic carbocycles. The molecule has 9 heavy (non-hydrogen) atoms. The number of amides is 1. The molecule has 3 heteroatoms. The molecule has 2 N–H and O–H groups in total. The molecule has 0 saturated carbocycles. The fraction of sp³-hybridized carbons (Fsp3) is 0.167. The van der Waals surface area contributed by atoms with E-state index in [1.807, 2.05) is 0 Å². The Bertz CT molecular complexity index is 195. The highest BCUT2D eigenvalue weighted by atomic mass is 19.1. The van der Waals surface area contributed by atoms with Gasteiger partial charge in [0.25, 0.3) is 0 Å². The Morgan fingerprint density at radius 1 is 1.78 bits per heavy atom. The van der Waals surface area contributed by atoms with Gasteiger partial charge in [-0.2, -0.15) is 0 Å². The monoisotopic (exact) mass is 127 g/mol. The molecule has 1 aliphatic carbocycles. The Labute approximate surface area is 51.8 Å². The van der Waals surface area contributed by atoms with Crippen LogP contribution in [0.25, 0.3) is 0 Å². The van der Waals surface area contributed by atoms with Crippen molar-refractivity contribution in [1.82, 2.24) is 0 Å². The second kappa shape index (κ2) is 2.01. The Morgan fingerprint density at radius 2 is 2.44 bits per heavy atom. The van der Waals surface area contributed by atoms with Gasteiger partial charge in [0.05, 0.1) is 5.92 Å². The Morgan fingerprint density at radius 3 is 2.67 bits per heavy atom. The lowest BCUT2D eigenvalue weighted by Gasteiger charge is -1.93. The van der Waals surface area contributed by atoms with Gasteiger partial charge in [0.15, 0.2) is 0 Å². The van der Waals surface area contributed by atoms with Crippen LogP contribution in [0.1, 0.15) is 0 Å². The van der Waals surface area contributed by atoms with Gasteiger partial charge < -0.3 is 5.73 Å². The fourth-order valence-electron chi connectivity index (χ4n) is 0.655. The molecule has 0 bridgehead atoms. The number of carbonyl (C=O) groups excluding carboxylic acids is 1. The summed E-state index contributed by atoms with van der Waals surface area (Å²) in [5.41, 5.74) is 4.86. The van der Waals surface area contributed by atoms with E-state index >= 15 is 0 Å². The summed E-state index contributed by atoms with van der Waals surface area (Å²) in [5.74, 6) is -1.44. The molecule has 0 heterocycles. The summed E-state index contributed by atoms with van der Waals surface area (Å²) in [6.07, 6.45) is 3.84. The zero-order valence-electron chi connectivity index (χ0n) is 4.67. The van der Waals surface area contributed by atoms with E-state index in [0.29, 0.717) is 0 Å². The van der Waals surface area contributed by atoms with E-state index in [-0.39, 0.29) is 5.83 Å². The predicted octanol–water partition coefficient (Wildman–Crippen LogP) is 0.511. The Kier molecular flexibility index (Phi) is 1.34. The van der Waals surface area contributed by atoms with E-state index in [2.05, 4.69) is 0 Å². The van der Waals surface area contributed by atoms with Crippen LogP contribution in [0.4, 0.5) is 4.39 Å². The number of hydrogen-bond donors (Lipinski definition) is 1. The van der Waals surface area contributed by atoms with Crippen molar-refractivity contribution >= 4 is 5.91 Å². The third kappa shape index (κ3) is 1.16. The minimum Gasteiger partial charge on any atom is -0.369 e. The standard InChI is InChI=1S/C6H6FNO/c7-5-2-1-4(3-5)6(8)9/h1-4H,(H2,8,9).